The van der Waals surface area contributed by atoms with E-state index >= 15 is 0 Å². The lowest BCUT2D eigenvalue weighted by molar-refractivity contribution is 0.102. The predicted molar refractivity (Wildman–Crippen MR) is 72.6 cm³/mol. The van der Waals surface area contributed by atoms with Crippen molar-refractivity contribution in [3.63, 3.8) is 0 Å². The molecule has 0 aromatic carbocycles. The second-order valence-corrected chi connectivity index (χ2v) is 6.80. The van der Waals surface area contributed by atoms with Gasteiger partial charge in [0.1, 0.15) is 0 Å². The molecule has 1 aliphatic heterocycles. The number of ether oxygens (including phenoxy) is 1. The summed E-state index contributed by atoms with van der Waals surface area (Å²) < 4.78 is 31.6. The van der Waals surface area contributed by atoms with Gasteiger partial charge in [-0.25, -0.2) is 13.4 Å². The average molecular weight is 305 g/mol. The van der Waals surface area contributed by atoms with Gasteiger partial charge in [0.15, 0.2) is 5.03 Å². The van der Waals surface area contributed by atoms with Crippen molar-refractivity contribution in [3.05, 3.63) is 23.9 Å². The SMILES string of the molecule is CC1OCCC1N(C)S(=O)(=O)c1ccc(CCl)cn1. The summed E-state index contributed by atoms with van der Waals surface area (Å²) in [7, 11) is -2.01. The lowest BCUT2D eigenvalue weighted by atomic mass is 10.2. The van der Waals surface area contributed by atoms with E-state index in [0.29, 0.717) is 18.9 Å². The molecule has 0 amide bonds. The van der Waals surface area contributed by atoms with Crippen molar-refractivity contribution >= 4 is 21.6 Å². The highest BCUT2D eigenvalue weighted by molar-refractivity contribution is 7.89. The summed E-state index contributed by atoms with van der Waals surface area (Å²) in [5, 5.41) is 0.0444. The highest BCUT2D eigenvalue weighted by Gasteiger charge is 2.35. The minimum absolute atomic E-state index is 0.0444. The first-order valence-electron chi connectivity index (χ1n) is 6.07. The number of likely N-dealkylation sites (N-methyl/N-ethyl adjacent to an activating group) is 1. The first kappa shape index (κ1) is 14.7. The summed E-state index contributed by atoms with van der Waals surface area (Å²) in [6.07, 6.45) is 2.10. The Morgan fingerprint density at radius 3 is 2.74 bits per heavy atom. The standard InChI is InChI=1S/C12H17ClN2O3S/c1-9-11(5-6-18-9)15(2)19(16,17)12-4-3-10(7-13)8-14-12/h3-4,8-9,11H,5-7H2,1-2H3. The van der Waals surface area contributed by atoms with Gasteiger partial charge in [0.05, 0.1) is 12.1 Å². The van der Waals surface area contributed by atoms with Crippen LogP contribution in [0.25, 0.3) is 0 Å². The van der Waals surface area contributed by atoms with Gasteiger partial charge < -0.3 is 4.74 Å². The fraction of sp³-hybridized carbons (Fsp3) is 0.583. The quantitative estimate of drug-likeness (QED) is 0.793. The molecular formula is C12H17ClN2O3S. The molecule has 2 atom stereocenters. The van der Waals surface area contributed by atoms with E-state index in [1.165, 1.54) is 16.6 Å². The number of halogens is 1. The summed E-state index contributed by atoms with van der Waals surface area (Å²) in [4.78, 5) is 3.98. The van der Waals surface area contributed by atoms with E-state index in [-0.39, 0.29) is 17.2 Å². The predicted octanol–water partition coefficient (Wildman–Crippen LogP) is 1.62. The molecule has 2 rings (SSSR count). The van der Waals surface area contributed by atoms with Crippen LogP contribution in [-0.4, -0.2) is 43.5 Å². The minimum atomic E-state index is -3.58. The maximum atomic E-state index is 12.4. The van der Waals surface area contributed by atoms with Crippen LogP contribution in [0.3, 0.4) is 0 Å². The molecule has 0 saturated carbocycles. The third kappa shape index (κ3) is 2.91. The van der Waals surface area contributed by atoms with E-state index in [9.17, 15) is 8.42 Å². The van der Waals surface area contributed by atoms with Crippen molar-refractivity contribution in [1.29, 1.82) is 0 Å². The van der Waals surface area contributed by atoms with Crippen LogP contribution in [0.2, 0.25) is 0 Å². The molecule has 0 aliphatic carbocycles. The van der Waals surface area contributed by atoms with Crippen LogP contribution in [0.15, 0.2) is 23.4 Å². The Bertz CT molecular complexity index is 532. The van der Waals surface area contributed by atoms with Crippen LogP contribution in [0.5, 0.6) is 0 Å². The first-order valence-corrected chi connectivity index (χ1v) is 8.05. The zero-order valence-electron chi connectivity index (χ0n) is 10.9. The average Bonchev–Trinajstić information content (AvgIpc) is 2.84. The number of sulfonamides is 1. The van der Waals surface area contributed by atoms with E-state index in [4.69, 9.17) is 16.3 Å². The smallest absolute Gasteiger partial charge is 0.260 e. The van der Waals surface area contributed by atoms with Gasteiger partial charge in [-0.1, -0.05) is 6.07 Å². The lowest BCUT2D eigenvalue weighted by Crippen LogP contribution is -2.41. The number of nitrogens with zero attached hydrogens (tertiary/aromatic N) is 2. The highest BCUT2D eigenvalue weighted by Crippen LogP contribution is 2.23. The van der Waals surface area contributed by atoms with Crippen molar-refractivity contribution in [2.75, 3.05) is 13.7 Å². The zero-order chi connectivity index (χ0) is 14.0. The molecule has 2 unspecified atom stereocenters. The third-order valence-electron chi connectivity index (χ3n) is 3.40. The zero-order valence-corrected chi connectivity index (χ0v) is 12.5. The van der Waals surface area contributed by atoms with E-state index in [1.54, 1.807) is 13.1 Å². The van der Waals surface area contributed by atoms with Crippen molar-refractivity contribution in [2.45, 2.75) is 36.4 Å². The molecule has 0 bridgehead atoms. The second kappa shape index (κ2) is 5.75. The van der Waals surface area contributed by atoms with Crippen LogP contribution < -0.4 is 0 Å². The summed E-state index contributed by atoms with van der Waals surface area (Å²) in [5.74, 6) is 0.316. The third-order valence-corrected chi connectivity index (χ3v) is 5.51. The van der Waals surface area contributed by atoms with Crippen LogP contribution in [0.4, 0.5) is 0 Å². The van der Waals surface area contributed by atoms with E-state index in [0.717, 1.165) is 5.56 Å². The maximum absolute atomic E-state index is 12.4. The van der Waals surface area contributed by atoms with Crippen molar-refractivity contribution in [3.8, 4) is 0 Å². The lowest BCUT2D eigenvalue weighted by Gasteiger charge is -2.25. The van der Waals surface area contributed by atoms with Gasteiger partial charge >= 0.3 is 0 Å². The van der Waals surface area contributed by atoms with Gasteiger partial charge in [0.2, 0.25) is 0 Å². The van der Waals surface area contributed by atoms with Gasteiger partial charge in [0.25, 0.3) is 10.0 Å². The fourth-order valence-electron chi connectivity index (χ4n) is 2.17. The molecule has 1 saturated heterocycles. The van der Waals surface area contributed by atoms with Crippen molar-refractivity contribution in [2.24, 2.45) is 0 Å². The highest BCUT2D eigenvalue weighted by atomic mass is 35.5. The molecule has 106 valence electrons. The molecule has 0 spiro atoms. The Balaban J connectivity index is 2.25. The van der Waals surface area contributed by atoms with Crippen molar-refractivity contribution < 1.29 is 13.2 Å². The molecule has 1 aromatic heterocycles. The topological polar surface area (TPSA) is 59.5 Å². The summed E-state index contributed by atoms with van der Waals surface area (Å²) in [6.45, 7) is 2.47. The van der Waals surface area contributed by atoms with Crippen LogP contribution in [0.1, 0.15) is 18.9 Å². The van der Waals surface area contributed by atoms with E-state index in [1.807, 2.05) is 6.92 Å². The van der Waals surface area contributed by atoms with Crippen molar-refractivity contribution in [1.82, 2.24) is 9.29 Å². The van der Waals surface area contributed by atoms with Gasteiger partial charge in [-0.05, 0) is 25.0 Å². The normalized spacial score (nSPS) is 24.0. The molecule has 7 heteroatoms. The maximum Gasteiger partial charge on any atom is 0.260 e. The largest absolute Gasteiger partial charge is 0.377 e. The molecule has 2 heterocycles. The Morgan fingerprint density at radius 2 is 2.26 bits per heavy atom. The van der Waals surface area contributed by atoms with Gasteiger partial charge in [-0.15, -0.1) is 11.6 Å². The van der Waals surface area contributed by atoms with Gasteiger partial charge in [-0.3, -0.25) is 0 Å². The molecule has 0 N–H and O–H groups in total. The molecule has 1 fully saturated rings. The summed E-state index contributed by atoms with van der Waals surface area (Å²) >= 11 is 5.66. The van der Waals surface area contributed by atoms with Crippen LogP contribution >= 0.6 is 11.6 Å². The number of alkyl halides is 1. The van der Waals surface area contributed by atoms with E-state index < -0.39 is 10.0 Å². The molecule has 0 radical (unpaired) electrons. The Hall–Kier alpha value is -0.690. The second-order valence-electron chi connectivity index (χ2n) is 4.59. The summed E-state index contributed by atoms with van der Waals surface area (Å²) in [5.41, 5.74) is 0.792. The molecule has 1 aliphatic rings. The van der Waals surface area contributed by atoms with Gasteiger partial charge in [-0.2, -0.15) is 4.31 Å². The molecule has 19 heavy (non-hydrogen) atoms. The van der Waals surface area contributed by atoms with Gasteiger partial charge in [0, 0.05) is 25.7 Å². The minimum Gasteiger partial charge on any atom is -0.377 e. The van der Waals surface area contributed by atoms with E-state index in [2.05, 4.69) is 4.98 Å². The number of pyridine rings is 1. The number of rotatable bonds is 4. The number of aromatic nitrogens is 1. The molecule has 1 aromatic rings. The molecular weight excluding hydrogens is 288 g/mol. The Kier molecular flexibility index (Phi) is 4.45. The van der Waals surface area contributed by atoms with Crippen LogP contribution in [0, 0.1) is 0 Å². The number of hydrogen-bond acceptors (Lipinski definition) is 4. The Labute approximate surface area is 118 Å². The first-order chi connectivity index (χ1) is 8.96. The Morgan fingerprint density at radius 1 is 1.53 bits per heavy atom. The molecule has 5 nitrogen and oxygen atoms in total. The summed E-state index contributed by atoms with van der Waals surface area (Å²) in [6, 6.07) is 3.03. The van der Waals surface area contributed by atoms with Crippen LogP contribution in [-0.2, 0) is 20.6 Å². The number of hydrogen-bond donors (Lipinski definition) is 0. The monoisotopic (exact) mass is 304 g/mol. The fourth-order valence-corrected chi connectivity index (χ4v) is 3.68.